The zero-order chi connectivity index (χ0) is 16.8. The van der Waals surface area contributed by atoms with Crippen LogP contribution in [0.25, 0.3) is 0 Å². The molecular weight excluding hydrogens is 304 g/mol. The number of aliphatic hydroxyl groups is 1. The number of benzene rings is 1. The van der Waals surface area contributed by atoms with Crippen molar-refractivity contribution in [3.63, 3.8) is 0 Å². The van der Waals surface area contributed by atoms with Crippen LogP contribution in [-0.2, 0) is 6.54 Å². The fraction of sp³-hybridized carbons (Fsp3) is 0.368. The Kier molecular flexibility index (Phi) is 5.43. The quantitative estimate of drug-likeness (QED) is 0.850. The molecule has 1 saturated carbocycles. The van der Waals surface area contributed by atoms with E-state index in [4.69, 9.17) is 4.74 Å². The van der Waals surface area contributed by atoms with Gasteiger partial charge in [-0.15, -0.1) is 0 Å². The number of aromatic nitrogens is 1. The van der Waals surface area contributed by atoms with Gasteiger partial charge in [-0.05, 0) is 43.0 Å². The molecule has 1 aromatic carbocycles. The number of ether oxygens (including phenoxy) is 1. The van der Waals surface area contributed by atoms with E-state index in [1.165, 1.54) is 6.42 Å². The van der Waals surface area contributed by atoms with Crippen molar-refractivity contribution in [3.8, 4) is 5.75 Å². The highest BCUT2D eigenvalue weighted by Crippen LogP contribution is 2.28. The Balaban J connectivity index is 1.79. The van der Waals surface area contributed by atoms with E-state index in [0.29, 0.717) is 17.9 Å². The minimum Gasteiger partial charge on any atom is -0.490 e. The van der Waals surface area contributed by atoms with Crippen molar-refractivity contribution in [1.29, 1.82) is 0 Å². The number of aliphatic hydroxyl groups excluding tert-OH is 1. The van der Waals surface area contributed by atoms with Crippen LogP contribution in [0.3, 0.4) is 0 Å². The first-order valence-electron chi connectivity index (χ1n) is 8.32. The van der Waals surface area contributed by atoms with Crippen molar-refractivity contribution < 1.29 is 14.6 Å². The van der Waals surface area contributed by atoms with Gasteiger partial charge in [-0.3, -0.25) is 9.78 Å². The maximum atomic E-state index is 13.0. The van der Waals surface area contributed by atoms with Crippen LogP contribution in [0.2, 0.25) is 0 Å². The third-order valence-electron chi connectivity index (χ3n) is 4.22. The number of carbonyl (C=O) groups excluding carboxylic acids is 1. The summed E-state index contributed by atoms with van der Waals surface area (Å²) in [5.41, 5.74) is 1.47. The van der Waals surface area contributed by atoms with Crippen molar-refractivity contribution in [3.05, 3.63) is 59.9 Å². The largest absolute Gasteiger partial charge is 0.490 e. The summed E-state index contributed by atoms with van der Waals surface area (Å²) in [7, 11) is 0. The maximum Gasteiger partial charge on any atom is 0.257 e. The Morgan fingerprint density at radius 2 is 2.08 bits per heavy atom. The Labute approximate surface area is 141 Å². The number of nitrogens with zero attached hydrogens (tertiary/aromatic N) is 2. The van der Waals surface area contributed by atoms with Crippen molar-refractivity contribution in [2.45, 2.75) is 31.9 Å². The topological polar surface area (TPSA) is 62.7 Å². The fourth-order valence-corrected chi connectivity index (χ4v) is 2.67. The predicted octanol–water partition coefficient (Wildman–Crippen LogP) is 2.65. The van der Waals surface area contributed by atoms with Crippen LogP contribution < -0.4 is 4.74 Å². The molecule has 0 saturated heterocycles. The first-order valence-corrected chi connectivity index (χ1v) is 8.32. The molecule has 5 heteroatoms. The van der Waals surface area contributed by atoms with Crippen LogP contribution in [0.4, 0.5) is 0 Å². The molecule has 0 atom stereocenters. The molecule has 5 nitrogen and oxygen atoms in total. The van der Waals surface area contributed by atoms with Crippen molar-refractivity contribution >= 4 is 5.91 Å². The van der Waals surface area contributed by atoms with Crippen LogP contribution in [0, 0.1) is 0 Å². The van der Waals surface area contributed by atoms with Gasteiger partial charge in [0.15, 0.2) is 0 Å². The number of para-hydroxylation sites is 1. The van der Waals surface area contributed by atoms with Gasteiger partial charge in [0.25, 0.3) is 5.91 Å². The van der Waals surface area contributed by atoms with E-state index in [1.807, 2.05) is 30.3 Å². The van der Waals surface area contributed by atoms with Crippen LogP contribution in [0.1, 0.15) is 35.2 Å². The van der Waals surface area contributed by atoms with E-state index in [2.05, 4.69) is 4.98 Å². The van der Waals surface area contributed by atoms with E-state index < -0.39 is 0 Å². The smallest absolute Gasteiger partial charge is 0.257 e. The lowest BCUT2D eigenvalue weighted by molar-refractivity contribution is 0.0691. The van der Waals surface area contributed by atoms with E-state index >= 15 is 0 Å². The molecule has 1 fully saturated rings. The highest BCUT2D eigenvalue weighted by atomic mass is 16.5. The normalized spacial score (nSPS) is 14.0. The lowest BCUT2D eigenvalue weighted by atomic mass is 9.96. The summed E-state index contributed by atoms with van der Waals surface area (Å²) in [5, 5.41) is 9.33. The molecule has 0 spiro atoms. The summed E-state index contributed by atoms with van der Waals surface area (Å²) in [6.07, 6.45) is 6.90. The van der Waals surface area contributed by atoms with Crippen molar-refractivity contribution in [2.75, 3.05) is 13.2 Å². The second-order valence-corrected chi connectivity index (χ2v) is 5.98. The van der Waals surface area contributed by atoms with Crippen molar-refractivity contribution in [2.24, 2.45) is 0 Å². The van der Waals surface area contributed by atoms with Gasteiger partial charge in [-0.2, -0.15) is 0 Å². The number of amides is 1. The minimum absolute atomic E-state index is 0.0857. The van der Waals surface area contributed by atoms with Crippen LogP contribution >= 0.6 is 0 Å². The number of carbonyl (C=O) groups is 1. The molecular formula is C19H22N2O3. The van der Waals surface area contributed by atoms with Gasteiger partial charge >= 0.3 is 0 Å². The Hall–Kier alpha value is -2.40. The number of pyridine rings is 1. The Morgan fingerprint density at radius 3 is 2.75 bits per heavy atom. The lowest BCUT2D eigenvalue weighted by Gasteiger charge is -2.28. The third-order valence-corrected chi connectivity index (χ3v) is 4.22. The predicted molar refractivity (Wildman–Crippen MR) is 90.8 cm³/mol. The summed E-state index contributed by atoms with van der Waals surface area (Å²) < 4.78 is 5.96. The third kappa shape index (κ3) is 3.92. The Bertz CT molecular complexity index is 671. The molecule has 1 aromatic heterocycles. The molecule has 1 N–H and O–H groups in total. The SMILES string of the molecule is O=C(c1ccccc1OC1CCC1)N(CCO)Cc1cccnc1. The van der Waals surface area contributed by atoms with Crippen LogP contribution in [0.5, 0.6) is 5.75 Å². The molecule has 0 unspecified atom stereocenters. The number of hydrogen-bond acceptors (Lipinski definition) is 4. The summed E-state index contributed by atoms with van der Waals surface area (Å²) in [6, 6.07) is 11.1. The summed E-state index contributed by atoms with van der Waals surface area (Å²) in [4.78, 5) is 18.7. The molecule has 1 aliphatic rings. The summed E-state index contributed by atoms with van der Waals surface area (Å²) in [5.74, 6) is 0.490. The van der Waals surface area contributed by atoms with Crippen LogP contribution in [-0.4, -0.2) is 40.2 Å². The van der Waals surface area contributed by atoms with E-state index in [1.54, 1.807) is 23.4 Å². The van der Waals surface area contributed by atoms with Gasteiger partial charge in [0, 0.05) is 25.5 Å². The molecule has 1 aliphatic carbocycles. The number of hydrogen-bond donors (Lipinski definition) is 1. The Morgan fingerprint density at radius 1 is 1.25 bits per heavy atom. The molecule has 0 aliphatic heterocycles. The first-order chi connectivity index (χ1) is 11.8. The first kappa shape index (κ1) is 16.5. The van der Waals surface area contributed by atoms with Gasteiger partial charge in [0.2, 0.25) is 0 Å². The molecule has 2 aromatic rings. The van der Waals surface area contributed by atoms with Gasteiger partial charge < -0.3 is 14.7 Å². The highest BCUT2D eigenvalue weighted by Gasteiger charge is 2.24. The zero-order valence-electron chi connectivity index (χ0n) is 13.6. The zero-order valence-corrected chi connectivity index (χ0v) is 13.6. The van der Waals surface area contributed by atoms with E-state index in [0.717, 1.165) is 18.4 Å². The van der Waals surface area contributed by atoms with Gasteiger partial charge in [-0.1, -0.05) is 18.2 Å². The summed E-state index contributed by atoms with van der Waals surface area (Å²) >= 11 is 0. The van der Waals surface area contributed by atoms with Gasteiger partial charge in [0.1, 0.15) is 5.75 Å². The van der Waals surface area contributed by atoms with Gasteiger partial charge in [0.05, 0.1) is 18.3 Å². The maximum absolute atomic E-state index is 13.0. The second kappa shape index (κ2) is 7.93. The molecule has 0 radical (unpaired) electrons. The van der Waals surface area contributed by atoms with Gasteiger partial charge in [-0.25, -0.2) is 0 Å². The molecule has 0 bridgehead atoms. The molecule has 1 amide bonds. The summed E-state index contributed by atoms with van der Waals surface area (Å²) in [6.45, 7) is 0.591. The standard InChI is InChI=1S/C19H22N2O3/c22-12-11-21(14-15-5-4-10-20-13-15)19(23)17-8-1-2-9-18(17)24-16-6-3-7-16/h1-2,4-5,8-10,13,16,22H,3,6-7,11-12,14H2. The number of rotatable bonds is 7. The van der Waals surface area contributed by atoms with E-state index in [-0.39, 0.29) is 25.2 Å². The molecule has 3 rings (SSSR count). The average Bonchev–Trinajstić information content (AvgIpc) is 2.58. The molecule has 126 valence electrons. The molecule has 1 heterocycles. The lowest BCUT2D eigenvalue weighted by Crippen LogP contribution is -2.34. The van der Waals surface area contributed by atoms with Crippen molar-refractivity contribution in [1.82, 2.24) is 9.88 Å². The van der Waals surface area contributed by atoms with E-state index in [9.17, 15) is 9.90 Å². The minimum atomic E-state index is -0.136. The van der Waals surface area contributed by atoms with Crippen LogP contribution in [0.15, 0.2) is 48.8 Å². The highest BCUT2D eigenvalue weighted by molar-refractivity contribution is 5.97. The monoisotopic (exact) mass is 326 g/mol. The average molecular weight is 326 g/mol. The second-order valence-electron chi connectivity index (χ2n) is 5.98. The fourth-order valence-electron chi connectivity index (χ4n) is 2.67. The molecule has 24 heavy (non-hydrogen) atoms.